The Morgan fingerprint density at radius 3 is 2.77 bits per heavy atom. The molecule has 0 fully saturated rings. The molecule has 1 aromatic carbocycles. The van der Waals surface area contributed by atoms with Crippen molar-refractivity contribution in [2.45, 2.75) is 19.8 Å². The molecule has 1 rings (SSSR count). The van der Waals surface area contributed by atoms with Crippen molar-refractivity contribution in [3.63, 3.8) is 0 Å². The molecule has 0 aliphatic rings. The van der Waals surface area contributed by atoms with Gasteiger partial charge in [0.2, 0.25) is 0 Å². The maximum Gasteiger partial charge on any atom is 0.0994 e. The van der Waals surface area contributed by atoms with Crippen molar-refractivity contribution in [2.75, 3.05) is 5.88 Å². The maximum atomic E-state index is 8.71. The topological polar surface area (TPSA) is 23.8 Å². The van der Waals surface area contributed by atoms with Gasteiger partial charge in [-0.25, -0.2) is 0 Å². The van der Waals surface area contributed by atoms with Crippen LogP contribution in [-0.2, 0) is 6.42 Å². The summed E-state index contributed by atoms with van der Waals surface area (Å²) in [6.45, 7) is 1.96. The van der Waals surface area contributed by atoms with Crippen LogP contribution >= 0.6 is 11.6 Å². The fourth-order valence-electron chi connectivity index (χ4n) is 1.28. The normalized spacial score (nSPS) is 9.62. The monoisotopic (exact) mass is 193 g/mol. The van der Waals surface area contributed by atoms with E-state index in [0.717, 1.165) is 24.0 Å². The molecule has 0 spiro atoms. The van der Waals surface area contributed by atoms with Crippen LogP contribution in [-0.4, -0.2) is 5.88 Å². The van der Waals surface area contributed by atoms with Crippen LogP contribution < -0.4 is 0 Å². The Balaban J connectivity index is 2.79. The van der Waals surface area contributed by atoms with E-state index in [0.29, 0.717) is 5.88 Å². The second-order valence-corrected chi connectivity index (χ2v) is 3.43. The molecule has 68 valence electrons. The van der Waals surface area contributed by atoms with Gasteiger partial charge in [-0.3, -0.25) is 0 Å². The Morgan fingerprint density at radius 1 is 1.46 bits per heavy atom. The third-order valence-electron chi connectivity index (χ3n) is 2.01. The summed E-state index contributed by atoms with van der Waals surface area (Å²) in [7, 11) is 0. The van der Waals surface area contributed by atoms with Crippen LogP contribution in [0.2, 0.25) is 0 Å². The summed E-state index contributed by atoms with van der Waals surface area (Å²) in [5, 5.41) is 8.71. The first-order valence-electron chi connectivity index (χ1n) is 4.33. The van der Waals surface area contributed by atoms with Crippen molar-refractivity contribution in [2.24, 2.45) is 0 Å². The van der Waals surface area contributed by atoms with Crippen LogP contribution in [0.3, 0.4) is 0 Å². The van der Waals surface area contributed by atoms with Crippen molar-refractivity contribution in [1.82, 2.24) is 0 Å². The Morgan fingerprint density at radius 2 is 2.23 bits per heavy atom. The standard InChI is InChI=1S/C11H12ClN/c1-9-7-10(3-2-6-12)4-5-11(9)8-13/h4-5,7H,2-3,6H2,1H3. The summed E-state index contributed by atoms with van der Waals surface area (Å²) in [6.07, 6.45) is 1.99. The third-order valence-corrected chi connectivity index (χ3v) is 2.28. The molecule has 0 amide bonds. The van der Waals surface area contributed by atoms with E-state index in [2.05, 4.69) is 12.1 Å². The molecule has 0 aliphatic heterocycles. The molecule has 0 unspecified atom stereocenters. The second kappa shape index (κ2) is 4.89. The van der Waals surface area contributed by atoms with Gasteiger partial charge in [0.25, 0.3) is 0 Å². The third kappa shape index (κ3) is 2.75. The lowest BCUT2D eigenvalue weighted by atomic mass is 10.0. The predicted octanol–water partition coefficient (Wildman–Crippen LogP) is 3.04. The summed E-state index contributed by atoms with van der Waals surface area (Å²) in [5.74, 6) is 0.694. The molecular weight excluding hydrogens is 182 g/mol. The van der Waals surface area contributed by atoms with Gasteiger partial charge in [-0.1, -0.05) is 12.1 Å². The largest absolute Gasteiger partial charge is 0.192 e. The number of nitrogens with zero attached hydrogens (tertiary/aromatic N) is 1. The molecule has 1 nitrogen and oxygen atoms in total. The Hall–Kier alpha value is -1.00. The first-order valence-corrected chi connectivity index (χ1v) is 4.87. The molecule has 0 saturated heterocycles. The molecule has 0 aromatic heterocycles. The van der Waals surface area contributed by atoms with Gasteiger partial charge in [-0.2, -0.15) is 5.26 Å². The highest BCUT2D eigenvalue weighted by Crippen LogP contribution is 2.11. The predicted molar refractivity (Wildman–Crippen MR) is 54.9 cm³/mol. The minimum atomic E-state index is 0.694. The summed E-state index contributed by atoms with van der Waals surface area (Å²) >= 11 is 5.60. The lowest BCUT2D eigenvalue weighted by Gasteiger charge is -2.02. The van der Waals surface area contributed by atoms with E-state index in [-0.39, 0.29) is 0 Å². The molecule has 2 heteroatoms. The minimum absolute atomic E-state index is 0.694. The van der Waals surface area contributed by atoms with Crippen molar-refractivity contribution in [3.05, 3.63) is 34.9 Å². The number of hydrogen-bond acceptors (Lipinski definition) is 1. The Kier molecular flexibility index (Phi) is 3.79. The number of alkyl halides is 1. The van der Waals surface area contributed by atoms with Gasteiger partial charge in [0.05, 0.1) is 11.6 Å². The van der Waals surface area contributed by atoms with Crippen LogP contribution in [0.4, 0.5) is 0 Å². The summed E-state index contributed by atoms with van der Waals surface area (Å²) in [6, 6.07) is 8.09. The maximum absolute atomic E-state index is 8.71. The lowest BCUT2D eigenvalue weighted by Crippen LogP contribution is -1.89. The van der Waals surface area contributed by atoms with Crippen molar-refractivity contribution < 1.29 is 0 Å². The van der Waals surface area contributed by atoms with E-state index in [1.165, 1.54) is 5.56 Å². The first kappa shape index (κ1) is 10.1. The number of halogens is 1. The molecular formula is C11H12ClN. The number of aryl methyl sites for hydroxylation is 2. The lowest BCUT2D eigenvalue weighted by molar-refractivity contribution is 0.926. The average molecular weight is 194 g/mol. The fraction of sp³-hybridized carbons (Fsp3) is 0.364. The van der Waals surface area contributed by atoms with E-state index < -0.39 is 0 Å². The van der Waals surface area contributed by atoms with Crippen LogP contribution in [0, 0.1) is 18.3 Å². The van der Waals surface area contributed by atoms with Crippen LogP contribution in [0.5, 0.6) is 0 Å². The second-order valence-electron chi connectivity index (χ2n) is 3.05. The van der Waals surface area contributed by atoms with E-state index in [9.17, 15) is 0 Å². The minimum Gasteiger partial charge on any atom is -0.192 e. The smallest absolute Gasteiger partial charge is 0.0994 e. The number of benzene rings is 1. The van der Waals surface area contributed by atoms with Gasteiger partial charge in [-0.05, 0) is 37.0 Å². The molecule has 0 radical (unpaired) electrons. The molecule has 0 bridgehead atoms. The van der Waals surface area contributed by atoms with Crippen molar-refractivity contribution in [3.8, 4) is 6.07 Å². The van der Waals surface area contributed by atoms with E-state index in [4.69, 9.17) is 16.9 Å². The van der Waals surface area contributed by atoms with Gasteiger partial charge in [0.1, 0.15) is 0 Å². The van der Waals surface area contributed by atoms with Gasteiger partial charge < -0.3 is 0 Å². The Bertz CT molecular complexity index is 325. The van der Waals surface area contributed by atoms with Gasteiger partial charge in [0.15, 0.2) is 0 Å². The summed E-state index contributed by atoms with van der Waals surface area (Å²) < 4.78 is 0. The molecule has 1 aromatic rings. The molecule has 0 heterocycles. The number of nitriles is 1. The fourth-order valence-corrected chi connectivity index (χ4v) is 1.41. The number of rotatable bonds is 3. The molecule has 0 saturated carbocycles. The highest BCUT2D eigenvalue weighted by Gasteiger charge is 1.98. The highest BCUT2D eigenvalue weighted by molar-refractivity contribution is 6.17. The highest BCUT2D eigenvalue weighted by atomic mass is 35.5. The van der Waals surface area contributed by atoms with Crippen LogP contribution in [0.15, 0.2) is 18.2 Å². The SMILES string of the molecule is Cc1cc(CCCCl)ccc1C#N. The Labute approximate surface area is 84.0 Å². The molecule has 13 heavy (non-hydrogen) atoms. The quantitative estimate of drug-likeness (QED) is 0.677. The molecule has 0 atom stereocenters. The van der Waals surface area contributed by atoms with Gasteiger partial charge in [-0.15, -0.1) is 11.6 Å². The van der Waals surface area contributed by atoms with Crippen molar-refractivity contribution in [1.29, 1.82) is 5.26 Å². The molecule has 0 aliphatic carbocycles. The summed E-state index contributed by atoms with van der Waals surface area (Å²) in [5.41, 5.74) is 3.07. The van der Waals surface area contributed by atoms with E-state index in [1.54, 1.807) is 0 Å². The zero-order valence-electron chi connectivity index (χ0n) is 7.68. The summed E-state index contributed by atoms with van der Waals surface area (Å²) in [4.78, 5) is 0. The van der Waals surface area contributed by atoms with Gasteiger partial charge >= 0.3 is 0 Å². The van der Waals surface area contributed by atoms with E-state index in [1.807, 2.05) is 19.1 Å². The average Bonchev–Trinajstić information content (AvgIpc) is 2.15. The van der Waals surface area contributed by atoms with Crippen LogP contribution in [0.1, 0.15) is 23.1 Å². The van der Waals surface area contributed by atoms with E-state index >= 15 is 0 Å². The van der Waals surface area contributed by atoms with Gasteiger partial charge in [0, 0.05) is 5.88 Å². The molecule has 0 N–H and O–H groups in total. The van der Waals surface area contributed by atoms with Crippen LogP contribution in [0.25, 0.3) is 0 Å². The number of hydrogen-bond donors (Lipinski definition) is 0. The zero-order valence-corrected chi connectivity index (χ0v) is 8.43. The first-order chi connectivity index (χ1) is 6.27. The van der Waals surface area contributed by atoms with Crippen molar-refractivity contribution >= 4 is 11.6 Å². The zero-order chi connectivity index (χ0) is 9.68.